The van der Waals surface area contributed by atoms with Gasteiger partial charge in [0.1, 0.15) is 5.92 Å². The first-order valence-electron chi connectivity index (χ1n) is 9.94. The SMILES string of the molecule is COC(=O)[C@@H]1C(=O)NC(SCC(=O)Nc2ccc(Cl)c(C(F)(F)F)c2)=C(C#N)[C@@H]1c1ccccc1. The van der Waals surface area contributed by atoms with Gasteiger partial charge in [0.15, 0.2) is 0 Å². The summed E-state index contributed by atoms with van der Waals surface area (Å²) in [6.07, 6.45) is -4.70. The highest BCUT2D eigenvalue weighted by Crippen LogP contribution is 2.40. The number of methoxy groups -OCH3 is 1. The average molecular weight is 524 g/mol. The number of thioether (sulfide) groups is 1. The second kappa shape index (κ2) is 10.8. The smallest absolute Gasteiger partial charge is 0.417 e. The van der Waals surface area contributed by atoms with Crippen molar-refractivity contribution >= 4 is 46.8 Å². The van der Waals surface area contributed by atoms with E-state index in [1.54, 1.807) is 30.3 Å². The van der Waals surface area contributed by atoms with Gasteiger partial charge in [0.2, 0.25) is 11.8 Å². The number of halogens is 4. The molecular formula is C23H17ClF3N3O4S. The van der Waals surface area contributed by atoms with E-state index in [9.17, 15) is 32.8 Å². The van der Waals surface area contributed by atoms with Crippen molar-refractivity contribution in [2.75, 3.05) is 18.2 Å². The van der Waals surface area contributed by atoms with Crippen LogP contribution in [0.1, 0.15) is 17.0 Å². The minimum atomic E-state index is -4.70. The molecule has 1 aliphatic rings. The number of nitrogens with one attached hydrogen (secondary N) is 2. The van der Waals surface area contributed by atoms with Gasteiger partial charge in [-0.1, -0.05) is 53.7 Å². The highest BCUT2D eigenvalue weighted by Gasteiger charge is 2.44. The summed E-state index contributed by atoms with van der Waals surface area (Å²) < 4.78 is 43.9. The topological polar surface area (TPSA) is 108 Å². The van der Waals surface area contributed by atoms with Crippen molar-refractivity contribution in [1.82, 2.24) is 5.32 Å². The van der Waals surface area contributed by atoms with Crippen molar-refractivity contribution < 1.29 is 32.3 Å². The highest BCUT2D eigenvalue weighted by atomic mass is 35.5. The van der Waals surface area contributed by atoms with Gasteiger partial charge in [0.05, 0.1) is 40.1 Å². The number of amides is 2. The molecule has 182 valence electrons. The lowest BCUT2D eigenvalue weighted by Gasteiger charge is -2.30. The monoisotopic (exact) mass is 523 g/mol. The Hall–Kier alpha value is -3.49. The van der Waals surface area contributed by atoms with Crippen LogP contribution in [-0.4, -0.2) is 30.6 Å². The third-order valence-electron chi connectivity index (χ3n) is 5.05. The highest BCUT2D eigenvalue weighted by molar-refractivity contribution is 8.03. The lowest BCUT2D eigenvalue weighted by atomic mass is 9.78. The molecule has 2 N–H and O–H groups in total. The van der Waals surface area contributed by atoms with Crippen LogP contribution in [0.15, 0.2) is 59.1 Å². The molecule has 2 atom stereocenters. The largest absolute Gasteiger partial charge is 0.468 e. The fourth-order valence-corrected chi connectivity index (χ4v) is 4.57. The van der Waals surface area contributed by atoms with E-state index in [0.29, 0.717) is 11.6 Å². The van der Waals surface area contributed by atoms with Gasteiger partial charge in [-0.05, 0) is 23.8 Å². The van der Waals surface area contributed by atoms with Crippen LogP contribution < -0.4 is 10.6 Å². The van der Waals surface area contributed by atoms with Crippen LogP contribution >= 0.6 is 23.4 Å². The number of alkyl halides is 3. The van der Waals surface area contributed by atoms with Crippen LogP contribution in [0.5, 0.6) is 0 Å². The molecule has 7 nitrogen and oxygen atoms in total. The number of nitrogens with zero attached hydrogens (tertiary/aromatic N) is 1. The van der Waals surface area contributed by atoms with Crippen molar-refractivity contribution in [2.24, 2.45) is 5.92 Å². The molecule has 35 heavy (non-hydrogen) atoms. The van der Waals surface area contributed by atoms with Crippen molar-refractivity contribution in [3.05, 3.63) is 75.3 Å². The number of allylic oxidation sites excluding steroid dienone is 1. The molecule has 0 radical (unpaired) electrons. The average Bonchev–Trinajstić information content (AvgIpc) is 2.82. The van der Waals surface area contributed by atoms with Gasteiger partial charge >= 0.3 is 12.1 Å². The number of rotatable bonds is 6. The van der Waals surface area contributed by atoms with Gasteiger partial charge < -0.3 is 15.4 Å². The number of hydrogen-bond donors (Lipinski definition) is 2. The predicted molar refractivity (Wildman–Crippen MR) is 123 cm³/mol. The van der Waals surface area contributed by atoms with E-state index < -0.39 is 46.4 Å². The third kappa shape index (κ3) is 5.96. The first-order valence-corrected chi connectivity index (χ1v) is 11.3. The summed E-state index contributed by atoms with van der Waals surface area (Å²) in [6, 6.07) is 13.4. The summed E-state index contributed by atoms with van der Waals surface area (Å²) in [4.78, 5) is 37.5. The van der Waals surface area contributed by atoms with Crippen LogP contribution in [0.25, 0.3) is 0 Å². The standard InChI is InChI=1S/C23H17ClF3N3O4S/c1-34-22(33)19-18(12-5-3-2-4-6-12)14(10-28)21(30-20(19)32)35-11-17(31)29-13-7-8-16(24)15(9-13)23(25,26)27/h2-9,18-19H,11H2,1H3,(H,29,31)(H,30,32)/t18-,19-/m0/s1. The molecule has 2 aromatic rings. The molecule has 3 rings (SSSR count). The number of nitriles is 1. The molecule has 0 saturated heterocycles. The molecule has 0 unspecified atom stereocenters. The lowest BCUT2D eigenvalue weighted by Crippen LogP contribution is -2.44. The van der Waals surface area contributed by atoms with Crippen molar-refractivity contribution in [1.29, 1.82) is 5.26 Å². The summed E-state index contributed by atoms with van der Waals surface area (Å²) in [5.74, 6) is -4.82. The second-order valence-corrected chi connectivity index (χ2v) is 8.66. The molecule has 0 aromatic heterocycles. The molecule has 0 spiro atoms. The zero-order chi connectivity index (χ0) is 25.8. The Kier molecular flexibility index (Phi) is 8.09. The van der Waals surface area contributed by atoms with E-state index in [1.807, 2.05) is 6.07 Å². The Morgan fingerprint density at radius 1 is 1.23 bits per heavy atom. The normalized spacial score (nSPS) is 17.9. The van der Waals surface area contributed by atoms with Crippen molar-refractivity contribution in [2.45, 2.75) is 12.1 Å². The zero-order valence-electron chi connectivity index (χ0n) is 18.0. The Morgan fingerprint density at radius 2 is 1.91 bits per heavy atom. The van der Waals surface area contributed by atoms with Crippen LogP contribution in [0, 0.1) is 17.2 Å². The maximum absolute atomic E-state index is 13.1. The minimum Gasteiger partial charge on any atom is -0.468 e. The quantitative estimate of drug-likeness (QED) is 0.427. The number of carbonyl (C=O) groups is 3. The van der Waals surface area contributed by atoms with Gasteiger partial charge in [-0.15, -0.1) is 0 Å². The van der Waals surface area contributed by atoms with E-state index in [4.69, 9.17) is 16.3 Å². The number of esters is 1. The summed E-state index contributed by atoms with van der Waals surface area (Å²) in [5.41, 5.74) is -0.645. The number of ether oxygens (including phenoxy) is 1. The van der Waals surface area contributed by atoms with Gasteiger partial charge in [0.25, 0.3) is 0 Å². The molecule has 12 heteroatoms. The summed E-state index contributed by atoms with van der Waals surface area (Å²) in [6.45, 7) is 0. The fourth-order valence-electron chi connectivity index (χ4n) is 3.50. The molecule has 0 saturated carbocycles. The Bertz CT molecular complexity index is 1230. The minimum absolute atomic E-state index is 0.0508. The number of anilines is 1. The van der Waals surface area contributed by atoms with Crippen molar-refractivity contribution in [3.8, 4) is 6.07 Å². The van der Waals surface area contributed by atoms with E-state index in [2.05, 4.69) is 10.6 Å². The van der Waals surface area contributed by atoms with Gasteiger partial charge in [-0.2, -0.15) is 18.4 Å². The number of benzene rings is 2. The van der Waals surface area contributed by atoms with Gasteiger partial charge in [-0.3, -0.25) is 14.4 Å². The molecule has 0 bridgehead atoms. The van der Waals surface area contributed by atoms with Gasteiger partial charge in [-0.25, -0.2) is 0 Å². The Balaban J connectivity index is 1.84. The summed E-state index contributed by atoms with van der Waals surface area (Å²) in [5, 5.41) is 14.2. The molecule has 1 heterocycles. The second-order valence-electron chi connectivity index (χ2n) is 7.26. The lowest BCUT2D eigenvalue weighted by molar-refractivity contribution is -0.150. The molecule has 1 aliphatic heterocycles. The van der Waals surface area contributed by atoms with Crippen LogP contribution in [0.3, 0.4) is 0 Å². The molecule has 2 aromatic carbocycles. The predicted octanol–water partition coefficient (Wildman–Crippen LogP) is 4.47. The summed E-state index contributed by atoms with van der Waals surface area (Å²) >= 11 is 6.39. The van der Waals surface area contributed by atoms with E-state index in [-0.39, 0.29) is 22.0 Å². The number of hydrogen-bond acceptors (Lipinski definition) is 6. The van der Waals surface area contributed by atoms with Crippen LogP contribution in [0.4, 0.5) is 18.9 Å². The van der Waals surface area contributed by atoms with Crippen LogP contribution in [-0.2, 0) is 25.3 Å². The molecule has 2 amide bonds. The van der Waals surface area contributed by atoms with E-state index in [0.717, 1.165) is 24.9 Å². The molecule has 0 fully saturated rings. The maximum Gasteiger partial charge on any atom is 0.417 e. The number of carbonyl (C=O) groups excluding carboxylic acids is 3. The Morgan fingerprint density at radius 3 is 2.51 bits per heavy atom. The third-order valence-corrected chi connectivity index (χ3v) is 6.39. The first-order chi connectivity index (χ1) is 16.6. The molecule has 0 aliphatic carbocycles. The van der Waals surface area contributed by atoms with Crippen molar-refractivity contribution in [3.63, 3.8) is 0 Å². The fraction of sp³-hybridized carbons (Fsp3) is 0.217. The summed E-state index contributed by atoms with van der Waals surface area (Å²) in [7, 11) is 1.13. The zero-order valence-corrected chi connectivity index (χ0v) is 19.6. The first kappa shape index (κ1) is 26.1. The van der Waals surface area contributed by atoms with E-state index in [1.165, 1.54) is 6.07 Å². The molecular weight excluding hydrogens is 507 g/mol. The maximum atomic E-state index is 13.1. The van der Waals surface area contributed by atoms with E-state index >= 15 is 0 Å². The van der Waals surface area contributed by atoms with Crippen LogP contribution in [0.2, 0.25) is 5.02 Å². The van der Waals surface area contributed by atoms with Gasteiger partial charge in [0, 0.05) is 11.6 Å². The Labute approximate surface area is 207 Å².